The number of benzene rings is 1. The molecule has 0 saturated heterocycles. The van der Waals surface area contributed by atoms with Crippen molar-refractivity contribution >= 4 is 22.2 Å². The van der Waals surface area contributed by atoms with Crippen molar-refractivity contribution in [1.29, 1.82) is 0 Å². The summed E-state index contributed by atoms with van der Waals surface area (Å²) in [5.74, 6) is 0.560. The number of ether oxygens (including phenoxy) is 1. The Morgan fingerprint density at radius 2 is 2.00 bits per heavy atom. The normalized spacial score (nSPS) is 18.1. The van der Waals surface area contributed by atoms with Crippen molar-refractivity contribution in [3.63, 3.8) is 0 Å². The van der Waals surface area contributed by atoms with Crippen molar-refractivity contribution in [2.75, 3.05) is 0 Å². The van der Waals surface area contributed by atoms with Crippen LogP contribution in [0.2, 0.25) is 0 Å². The van der Waals surface area contributed by atoms with Gasteiger partial charge in [0.05, 0.1) is 10.6 Å². The van der Waals surface area contributed by atoms with Crippen LogP contribution >= 0.6 is 0 Å². The molecule has 0 spiro atoms. The van der Waals surface area contributed by atoms with Crippen LogP contribution in [-0.2, 0) is 10.0 Å². The molecule has 2 aliphatic rings. The maximum Gasteiger partial charge on any atom is 0.426 e. The van der Waals surface area contributed by atoms with Crippen LogP contribution in [-0.4, -0.2) is 29.5 Å². The summed E-state index contributed by atoms with van der Waals surface area (Å²) in [6.07, 6.45) is 8.30. The zero-order valence-electron chi connectivity index (χ0n) is 14.0. The lowest BCUT2D eigenvalue weighted by atomic mass is 10.0. The predicted octanol–water partition coefficient (Wildman–Crippen LogP) is 3.77. The van der Waals surface area contributed by atoms with Gasteiger partial charge < -0.3 is 9.84 Å². The van der Waals surface area contributed by atoms with Crippen molar-refractivity contribution < 1.29 is 23.1 Å². The Balaban J connectivity index is 2.03. The van der Waals surface area contributed by atoms with E-state index in [1.807, 2.05) is 19.9 Å². The summed E-state index contributed by atoms with van der Waals surface area (Å²) in [5, 5.41) is 9.46. The van der Waals surface area contributed by atoms with E-state index in [1.165, 1.54) is 18.2 Å². The molecule has 7 heteroatoms. The molecule has 1 aromatic rings. The quantitative estimate of drug-likeness (QED) is 0.886. The Morgan fingerprint density at radius 1 is 1.24 bits per heavy atom. The molecule has 0 saturated carbocycles. The number of carboxylic acid groups (broad SMARTS) is 1. The molecule has 0 atom stereocenters. The number of sulfonamides is 1. The van der Waals surface area contributed by atoms with Gasteiger partial charge in [-0.15, -0.1) is 0 Å². The average molecular weight is 361 g/mol. The molecular formula is C18H19NO5S. The minimum atomic E-state index is -4.24. The lowest BCUT2D eigenvalue weighted by molar-refractivity contribution is 0.159. The van der Waals surface area contributed by atoms with Crippen LogP contribution < -0.4 is 4.74 Å². The zero-order valence-corrected chi connectivity index (χ0v) is 14.8. The van der Waals surface area contributed by atoms with Gasteiger partial charge in [0.15, 0.2) is 0 Å². The Labute approximate surface area is 146 Å². The van der Waals surface area contributed by atoms with E-state index in [0.29, 0.717) is 22.0 Å². The fourth-order valence-electron chi connectivity index (χ4n) is 2.73. The molecule has 25 heavy (non-hydrogen) atoms. The van der Waals surface area contributed by atoms with Crippen LogP contribution in [0.25, 0.3) is 6.08 Å². The number of fused-ring (bicyclic) bond motifs is 1. The topological polar surface area (TPSA) is 83.9 Å². The minimum absolute atomic E-state index is 0.0959. The van der Waals surface area contributed by atoms with Crippen LogP contribution in [0, 0.1) is 0 Å². The molecule has 0 bridgehead atoms. The van der Waals surface area contributed by atoms with E-state index in [-0.39, 0.29) is 10.6 Å². The third-order valence-electron chi connectivity index (χ3n) is 3.94. The van der Waals surface area contributed by atoms with Crippen molar-refractivity contribution in [3.05, 3.63) is 53.8 Å². The summed E-state index contributed by atoms with van der Waals surface area (Å²) in [4.78, 5) is 11.5. The Kier molecular flexibility index (Phi) is 4.20. The molecule has 0 unspecified atom stereocenters. The molecule has 1 heterocycles. The molecule has 0 aromatic heterocycles. The Morgan fingerprint density at radius 3 is 2.64 bits per heavy atom. The summed E-state index contributed by atoms with van der Waals surface area (Å²) in [5.41, 5.74) is 0.265. The largest absolute Gasteiger partial charge is 0.483 e. The molecule has 1 aromatic carbocycles. The molecule has 0 radical (unpaired) electrons. The van der Waals surface area contributed by atoms with Gasteiger partial charge in [-0.25, -0.2) is 13.2 Å². The first-order valence-corrected chi connectivity index (χ1v) is 9.32. The SMILES string of the molecule is CC1(C)C=Cc2cc(S(=O)(=O)N(C(=O)O)C3=CCCC=C3)ccc2O1. The summed E-state index contributed by atoms with van der Waals surface area (Å²) < 4.78 is 32.0. The van der Waals surface area contributed by atoms with Gasteiger partial charge in [0.2, 0.25) is 0 Å². The van der Waals surface area contributed by atoms with Gasteiger partial charge in [0.25, 0.3) is 10.0 Å². The first-order chi connectivity index (χ1) is 11.7. The van der Waals surface area contributed by atoms with E-state index in [9.17, 15) is 18.3 Å². The first-order valence-electron chi connectivity index (χ1n) is 7.88. The number of rotatable bonds is 3. The lowest BCUT2D eigenvalue weighted by Crippen LogP contribution is -2.35. The monoisotopic (exact) mass is 361 g/mol. The van der Waals surface area contributed by atoms with E-state index in [2.05, 4.69) is 0 Å². The number of allylic oxidation sites excluding steroid dienone is 3. The smallest absolute Gasteiger partial charge is 0.426 e. The van der Waals surface area contributed by atoms with Crippen molar-refractivity contribution in [1.82, 2.24) is 4.31 Å². The summed E-state index contributed by atoms with van der Waals surface area (Å²) in [6.45, 7) is 3.79. The Hall–Kier alpha value is -2.54. The number of nitrogens with zero attached hydrogens (tertiary/aromatic N) is 1. The molecule has 1 aliphatic heterocycles. The number of hydrogen-bond acceptors (Lipinski definition) is 4. The van der Waals surface area contributed by atoms with Gasteiger partial charge in [-0.3, -0.25) is 0 Å². The molecule has 3 rings (SSSR count). The second-order valence-electron chi connectivity index (χ2n) is 6.40. The first kappa shape index (κ1) is 17.3. The van der Waals surface area contributed by atoms with Gasteiger partial charge in [-0.1, -0.05) is 18.2 Å². The summed E-state index contributed by atoms with van der Waals surface area (Å²) >= 11 is 0. The predicted molar refractivity (Wildman–Crippen MR) is 93.7 cm³/mol. The van der Waals surface area contributed by atoms with Gasteiger partial charge in [0.1, 0.15) is 11.4 Å². The molecule has 132 valence electrons. The average Bonchev–Trinajstić information content (AvgIpc) is 2.54. The van der Waals surface area contributed by atoms with Crippen molar-refractivity contribution in [3.8, 4) is 5.75 Å². The molecule has 1 amide bonds. The highest BCUT2D eigenvalue weighted by atomic mass is 32.2. The van der Waals surface area contributed by atoms with Crippen LogP contribution in [0.3, 0.4) is 0 Å². The van der Waals surface area contributed by atoms with Gasteiger partial charge in [0, 0.05) is 5.56 Å². The summed E-state index contributed by atoms with van der Waals surface area (Å²) in [7, 11) is -4.24. The summed E-state index contributed by atoms with van der Waals surface area (Å²) in [6, 6.07) is 4.35. The van der Waals surface area contributed by atoms with Crippen molar-refractivity contribution in [2.45, 2.75) is 37.2 Å². The Bertz CT molecular complexity index is 909. The number of amides is 1. The zero-order chi connectivity index (χ0) is 18.2. The van der Waals surface area contributed by atoms with E-state index < -0.39 is 21.7 Å². The van der Waals surface area contributed by atoms with Crippen LogP contribution in [0.4, 0.5) is 4.79 Å². The van der Waals surface area contributed by atoms with Crippen molar-refractivity contribution in [2.24, 2.45) is 0 Å². The fraction of sp³-hybridized carbons (Fsp3) is 0.278. The molecule has 0 fully saturated rings. The molecular weight excluding hydrogens is 342 g/mol. The van der Waals surface area contributed by atoms with Crippen LogP contribution in [0.15, 0.2) is 53.1 Å². The van der Waals surface area contributed by atoms with E-state index in [4.69, 9.17) is 4.74 Å². The van der Waals surface area contributed by atoms with E-state index >= 15 is 0 Å². The maximum atomic E-state index is 12.9. The molecule has 6 nitrogen and oxygen atoms in total. The third kappa shape index (κ3) is 3.32. The standard InChI is InChI=1S/C18H19NO5S/c1-18(2)11-10-13-12-15(8-9-16(13)24-18)25(22,23)19(17(20)21)14-6-4-3-5-7-14/h4,6-12H,3,5H2,1-2H3,(H,20,21). The second kappa shape index (κ2) is 6.07. The molecule has 1 aliphatic carbocycles. The maximum absolute atomic E-state index is 12.9. The van der Waals surface area contributed by atoms with Crippen LogP contribution in [0.1, 0.15) is 32.3 Å². The third-order valence-corrected chi connectivity index (χ3v) is 5.64. The highest BCUT2D eigenvalue weighted by molar-refractivity contribution is 7.89. The number of hydrogen-bond donors (Lipinski definition) is 1. The van der Waals surface area contributed by atoms with Gasteiger partial charge >= 0.3 is 6.09 Å². The fourth-order valence-corrected chi connectivity index (χ4v) is 4.07. The minimum Gasteiger partial charge on any atom is -0.483 e. The highest BCUT2D eigenvalue weighted by Gasteiger charge is 2.33. The molecule has 1 N–H and O–H groups in total. The van der Waals surface area contributed by atoms with Crippen LogP contribution in [0.5, 0.6) is 5.75 Å². The van der Waals surface area contributed by atoms with Gasteiger partial charge in [-0.05, 0) is 57.0 Å². The lowest BCUT2D eigenvalue weighted by Gasteiger charge is -2.28. The number of carbonyl (C=O) groups is 1. The van der Waals surface area contributed by atoms with E-state index in [0.717, 1.165) is 6.42 Å². The van der Waals surface area contributed by atoms with Gasteiger partial charge in [-0.2, -0.15) is 4.31 Å². The van der Waals surface area contributed by atoms with E-state index in [1.54, 1.807) is 24.3 Å². The second-order valence-corrected chi connectivity index (χ2v) is 8.19. The highest BCUT2D eigenvalue weighted by Crippen LogP contribution is 2.34.